The Kier molecular flexibility index (Phi) is 3.48. The van der Waals surface area contributed by atoms with Gasteiger partial charge in [-0.05, 0) is 19.3 Å². The summed E-state index contributed by atoms with van der Waals surface area (Å²) in [5.74, 6) is 3.28. The molecule has 0 spiro atoms. The van der Waals surface area contributed by atoms with Crippen molar-refractivity contribution in [3.05, 3.63) is 35.8 Å². The maximum absolute atomic E-state index is 4.61. The number of anilines is 1. The average molecular weight is 311 g/mol. The highest BCUT2D eigenvalue weighted by Gasteiger charge is 2.20. The maximum Gasteiger partial charge on any atom is 0.254 e. The van der Waals surface area contributed by atoms with E-state index >= 15 is 0 Å². The molecule has 3 heterocycles. The molecule has 0 aromatic carbocycles. The number of rotatable bonds is 5. The number of hydrogen-bond acceptors (Lipinski definition) is 5. The maximum atomic E-state index is 4.61. The lowest BCUT2D eigenvalue weighted by molar-refractivity contribution is 0.635. The Hall–Kier alpha value is -2.44. The lowest BCUT2D eigenvalue weighted by atomic mass is 10.2. The molecular formula is C16H21N7. The van der Waals surface area contributed by atoms with Crippen LogP contribution >= 0.6 is 0 Å². The average Bonchev–Trinajstić information content (AvgIpc) is 3.25. The van der Waals surface area contributed by atoms with Crippen LogP contribution in [0.25, 0.3) is 5.78 Å². The molecule has 0 saturated heterocycles. The van der Waals surface area contributed by atoms with Crippen molar-refractivity contribution < 1.29 is 0 Å². The van der Waals surface area contributed by atoms with Crippen LogP contribution in [0.4, 0.5) is 5.82 Å². The van der Waals surface area contributed by atoms with E-state index in [-0.39, 0.29) is 0 Å². The van der Waals surface area contributed by atoms with E-state index in [1.165, 1.54) is 11.3 Å². The van der Waals surface area contributed by atoms with Gasteiger partial charge in [-0.1, -0.05) is 13.8 Å². The SMILES string of the molecule is CC(C)c1nccn1CCNc1c2c(nc3ncnn13)CCC2. The van der Waals surface area contributed by atoms with Gasteiger partial charge < -0.3 is 9.88 Å². The third-order valence-corrected chi connectivity index (χ3v) is 4.36. The van der Waals surface area contributed by atoms with Crippen LogP contribution in [0, 0.1) is 0 Å². The summed E-state index contributed by atoms with van der Waals surface area (Å²) in [5, 5.41) is 7.87. The van der Waals surface area contributed by atoms with Crippen molar-refractivity contribution in [3.63, 3.8) is 0 Å². The highest BCUT2D eigenvalue weighted by molar-refractivity contribution is 5.54. The first-order valence-electron chi connectivity index (χ1n) is 8.20. The third kappa shape index (κ3) is 2.46. The molecule has 0 atom stereocenters. The zero-order valence-electron chi connectivity index (χ0n) is 13.5. The Bertz CT molecular complexity index is 830. The molecular weight excluding hydrogens is 290 g/mol. The Labute approximate surface area is 134 Å². The molecule has 0 unspecified atom stereocenters. The van der Waals surface area contributed by atoms with Crippen molar-refractivity contribution in [1.82, 2.24) is 29.1 Å². The minimum Gasteiger partial charge on any atom is -0.368 e. The monoisotopic (exact) mass is 311 g/mol. The first kappa shape index (κ1) is 14.2. The van der Waals surface area contributed by atoms with Gasteiger partial charge in [0.05, 0.1) is 5.69 Å². The van der Waals surface area contributed by atoms with E-state index in [2.05, 4.69) is 43.8 Å². The summed E-state index contributed by atoms with van der Waals surface area (Å²) in [7, 11) is 0. The van der Waals surface area contributed by atoms with E-state index < -0.39 is 0 Å². The minimum absolute atomic E-state index is 0.428. The van der Waals surface area contributed by atoms with Crippen LogP contribution < -0.4 is 5.32 Å². The smallest absolute Gasteiger partial charge is 0.254 e. The van der Waals surface area contributed by atoms with Gasteiger partial charge in [-0.25, -0.2) is 9.97 Å². The Morgan fingerprint density at radius 2 is 2.17 bits per heavy atom. The topological polar surface area (TPSA) is 72.9 Å². The highest BCUT2D eigenvalue weighted by Crippen LogP contribution is 2.27. The van der Waals surface area contributed by atoms with Gasteiger partial charge in [0.2, 0.25) is 0 Å². The largest absolute Gasteiger partial charge is 0.368 e. The molecule has 0 bridgehead atoms. The summed E-state index contributed by atoms with van der Waals surface area (Å²) in [6, 6.07) is 0. The van der Waals surface area contributed by atoms with Crippen LogP contribution in [0.15, 0.2) is 18.7 Å². The van der Waals surface area contributed by atoms with Gasteiger partial charge in [-0.2, -0.15) is 14.6 Å². The van der Waals surface area contributed by atoms with E-state index in [9.17, 15) is 0 Å². The van der Waals surface area contributed by atoms with Gasteiger partial charge in [0.15, 0.2) is 0 Å². The van der Waals surface area contributed by atoms with Crippen LogP contribution in [0.3, 0.4) is 0 Å². The fourth-order valence-corrected chi connectivity index (χ4v) is 3.31. The Balaban J connectivity index is 1.56. The number of imidazole rings is 1. The molecule has 0 aliphatic heterocycles. The molecule has 0 saturated carbocycles. The summed E-state index contributed by atoms with van der Waals surface area (Å²) >= 11 is 0. The van der Waals surface area contributed by atoms with Gasteiger partial charge in [0, 0.05) is 37.0 Å². The van der Waals surface area contributed by atoms with Gasteiger partial charge in [0.25, 0.3) is 5.78 Å². The number of aromatic nitrogens is 6. The lowest BCUT2D eigenvalue weighted by Crippen LogP contribution is -2.16. The first-order chi connectivity index (χ1) is 11.2. The molecule has 4 rings (SSSR count). The fraction of sp³-hybridized carbons (Fsp3) is 0.500. The molecule has 0 radical (unpaired) electrons. The highest BCUT2D eigenvalue weighted by atomic mass is 15.4. The van der Waals surface area contributed by atoms with Crippen molar-refractivity contribution in [3.8, 4) is 0 Å². The number of hydrogen-bond donors (Lipinski definition) is 1. The number of nitrogens with zero attached hydrogens (tertiary/aromatic N) is 6. The van der Waals surface area contributed by atoms with Crippen molar-refractivity contribution in [2.75, 3.05) is 11.9 Å². The van der Waals surface area contributed by atoms with Crippen LogP contribution in [0.1, 0.15) is 43.3 Å². The van der Waals surface area contributed by atoms with Gasteiger partial charge >= 0.3 is 0 Å². The molecule has 1 aliphatic carbocycles. The fourth-order valence-electron chi connectivity index (χ4n) is 3.31. The molecule has 120 valence electrons. The quantitative estimate of drug-likeness (QED) is 0.780. The van der Waals surface area contributed by atoms with E-state index in [4.69, 9.17) is 0 Å². The number of aryl methyl sites for hydroxylation is 1. The molecule has 0 fully saturated rings. The molecule has 1 aliphatic rings. The summed E-state index contributed by atoms with van der Waals surface area (Å²) in [6.45, 7) is 6.03. The standard InChI is InChI=1S/C16H21N7/c1-11(2)14-17-6-8-22(14)9-7-18-15-12-4-3-5-13(12)21-16-19-10-20-23(15)16/h6,8,10-11,18H,3-5,7,9H2,1-2H3. The minimum atomic E-state index is 0.428. The molecule has 3 aromatic rings. The molecule has 7 nitrogen and oxygen atoms in total. The second kappa shape index (κ2) is 5.64. The molecule has 23 heavy (non-hydrogen) atoms. The zero-order chi connectivity index (χ0) is 15.8. The van der Waals surface area contributed by atoms with E-state index in [1.54, 1.807) is 6.33 Å². The second-order valence-electron chi connectivity index (χ2n) is 6.27. The molecule has 3 aromatic heterocycles. The van der Waals surface area contributed by atoms with E-state index in [0.29, 0.717) is 11.7 Å². The molecule has 0 amide bonds. The summed E-state index contributed by atoms with van der Waals surface area (Å²) in [6.07, 6.45) is 8.72. The van der Waals surface area contributed by atoms with Gasteiger partial charge in [0.1, 0.15) is 18.0 Å². The summed E-state index contributed by atoms with van der Waals surface area (Å²) < 4.78 is 4.03. The van der Waals surface area contributed by atoms with Gasteiger partial charge in [-0.15, -0.1) is 0 Å². The van der Waals surface area contributed by atoms with Crippen molar-refractivity contribution >= 4 is 11.6 Å². The Morgan fingerprint density at radius 1 is 1.26 bits per heavy atom. The number of fused-ring (bicyclic) bond motifs is 2. The van der Waals surface area contributed by atoms with Gasteiger partial charge in [-0.3, -0.25) is 0 Å². The summed E-state index contributed by atoms with van der Waals surface area (Å²) in [4.78, 5) is 13.3. The van der Waals surface area contributed by atoms with Crippen molar-refractivity contribution in [2.45, 2.75) is 45.6 Å². The molecule has 1 N–H and O–H groups in total. The Morgan fingerprint density at radius 3 is 3.04 bits per heavy atom. The van der Waals surface area contributed by atoms with E-state index in [1.807, 2.05) is 16.9 Å². The lowest BCUT2D eigenvalue weighted by Gasteiger charge is -2.14. The van der Waals surface area contributed by atoms with Crippen molar-refractivity contribution in [1.29, 1.82) is 0 Å². The van der Waals surface area contributed by atoms with Crippen molar-refractivity contribution in [2.24, 2.45) is 0 Å². The molecule has 7 heteroatoms. The zero-order valence-corrected chi connectivity index (χ0v) is 13.5. The predicted molar refractivity (Wildman–Crippen MR) is 87.6 cm³/mol. The van der Waals surface area contributed by atoms with Crippen LogP contribution in [0.5, 0.6) is 0 Å². The predicted octanol–water partition coefficient (Wildman–Crippen LogP) is 2.04. The second-order valence-corrected chi connectivity index (χ2v) is 6.27. The summed E-state index contributed by atoms with van der Waals surface area (Å²) in [5.41, 5.74) is 2.45. The van der Waals surface area contributed by atoms with Crippen LogP contribution in [-0.4, -0.2) is 35.7 Å². The third-order valence-electron chi connectivity index (χ3n) is 4.36. The van der Waals surface area contributed by atoms with Crippen LogP contribution in [0.2, 0.25) is 0 Å². The normalized spacial score (nSPS) is 13.9. The van der Waals surface area contributed by atoms with Crippen LogP contribution in [-0.2, 0) is 19.4 Å². The first-order valence-corrected chi connectivity index (χ1v) is 8.20. The number of nitrogens with one attached hydrogen (secondary N) is 1. The van der Waals surface area contributed by atoms with E-state index in [0.717, 1.165) is 44.0 Å².